The molecule has 136 valence electrons. The Morgan fingerprint density at radius 2 is 1.78 bits per heavy atom. The van der Waals surface area contributed by atoms with Crippen LogP contribution in [0, 0.1) is 0 Å². The molecule has 0 saturated heterocycles. The molecule has 1 aromatic heterocycles. The highest BCUT2D eigenvalue weighted by Crippen LogP contribution is 2.41. The Balaban J connectivity index is 1.94. The van der Waals surface area contributed by atoms with Crippen LogP contribution in [0.2, 0.25) is 0 Å². The van der Waals surface area contributed by atoms with Crippen molar-refractivity contribution in [2.24, 2.45) is 0 Å². The second-order valence-electron chi connectivity index (χ2n) is 6.77. The van der Waals surface area contributed by atoms with Crippen LogP contribution in [0.1, 0.15) is 19.4 Å². The quantitative estimate of drug-likeness (QED) is 0.410. The smallest absolute Gasteiger partial charge is 0.336 e. The van der Waals surface area contributed by atoms with Crippen molar-refractivity contribution < 1.29 is 19.1 Å². The number of nitrogens with one attached hydrogen (secondary N) is 1. The zero-order chi connectivity index (χ0) is 19.2. The molecular formula is C21H17NO5. The first kappa shape index (κ1) is 16.9. The number of anilines is 1. The Hall–Kier alpha value is -3.54. The lowest BCUT2D eigenvalue weighted by Gasteiger charge is -2.32. The van der Waals surface area contributed by atoms with Crippen molar-refractivity contribution >= 4 is 28.0 Å². The third kappa shape index (κ3) is 2.85. The van der Waals surface area contributed by atoms with Crippen molar-refractivity contribution in [3.05, 3.63) is 70.7 Å². The number of rotatable bonds is 2. The van der Waals surface area contributed by atoms with Gasteiger partial charge in [0.05, 0.1) is 16.8 Å². The molecule has 0 aliphatic carbocycles. The van der Waals surface area contributed by atoms with E-state index in [1.165, 1.54) is 12.3 Å². The van der Waals surface area contributed by atoms with Gasteiger partial charge in [0.15, 0.2) is 5.60 Å². The summed E-state index contributed by atoms with van der Waals surface area (Å²) in [4.78, 5) is 24.8. The van der Waals surface area contributed by atoms with Gasteiger partial charge in [-0.3, -0.25) is 4.79 Å². The molecule has 0 bridgehead atoms. The summed E-state index contributed by atoms with van der Waals surface area (Å²) in [6.07, 6.45) is 1.51. The average Bonchev–Trinajstić information content (AvgIpc) is 2.63. The van der Waals surface area contributed by atoms with Gasteiger partial charge in [-0.15, -0.1) is 0 Å². The Bertz CT molecular complexity index is 1160. The number of aromatic hydroxyl groups is 1. The Labute approximate surface area is 154 Å². The van der Waals surface area contributed by atoms with Gasteiger partial charge in [0, 0.05) is 17.7 Å². The minimum absolute atomic E-state index is 0.0535. The van der Waals surface area contributed by atoms with Crippen LogP contribution < -0.4 is 15.7 Å². The summed E-state index contributed by atoms with van der Waals surface area (Å²) in [6, 6.07) is 13.2. The number of phenolic OH excluding ortho intramolecular Hbond substituents is 1. The number of Topliss-reactive ketones (excluding diaryl/α,β-unsaturated/α-hetero) is 1. The molecule has 6 nitrogen and oxygen atoms in total. The van der Waals surface area contributed by atoms with Gasteiger partial charge in [-0.25, -0.2) is 4.79 Å². The molecule has 1 aliphatic heterocycles. The van der Waals surface area contributed by atoms with Gasteiger partial charge in [-0.2, -0.15) is 0 Å². The highest BCUT2D eigenvalue weighted by molar-refractivity contribution is 6.28. The summed E-state index contributed by atoms with van der Waals surface area (Å²) in [5, 5.41) is 13.6. The van der Waals surface area contributed by atoms with Gasteiger partial charge in [-0.1, -0.05) is 12.1 Å². The second kappa shape index (κ2) is 6.02. The van der Waals surface area contributed by atoms with Crippen molar-refractivity contribution in [1.29, 1.82) is 0 Å². The minimum atomic E-state index is -1.08. The van der Waals surface area contributed by atoms with Crippen LogP contribution >= 0.6 is 0 Å². The molecule has 6 heteroatoms. The van der Waals surface area contributed by atoms with Gasteiger partial charge in [-0.05, 0) is 44.2 Å². The number of ether oxygens (including phenoxy) is 1. The lowest BCUT2D eigenvalue weighted by molar-refractivity contribution is -0.126. The topological polar surface area (TPSA) is 88.8 Å². The lowest BCUT2D eigenvalue weighted by Crippen LogP contribution is -2.42. The molecule has 0 atom stereocenters. The second-order valence-corrected chi connectivity index (χ2v) is 6.77. The lowest BCUT2D eigenvalue weighted by atomic mass is 9.87. The zero-order valence-electron chi connectivity index (χ0n) is 14.8. The van der Waals surface area contributed by atoms with Gasteiger partial charge in [0.1, 0.15) is 17.1 Å². The number of phenols is 1. The average molecular weight is 363 g/mol. The number of carbonyl (C=O) groups is 1. The summed E-state index contributed by atoms with van der Waals surface area (Å²) >= 11 is 0. The van der Waals surface area contributed by atoms with Crippen molar-refractivity contribution in [3.8, 4) is 11.5 Å². The first-order valence-corrected chi connectivity index (χ1v) is 8.42. The summed E-state index contributed by atoms with van der Waals surface area (Å²) in [5.41, 5.74) is -0.134. The van der Waals surface area contributed by atoms with E-state index in [2.05, 4.69) is 5.32 Å². The molecule has 0 unspecified atom stereocenters. The van der Waals surface area contributed by atoms with Crippen LogP contribution in [-0.2, 0) is 4.79 Å². The number of para-hydroxylation sites is 2. The third-order valence-corrected chi connectivity index (χ3v) is 4.45. The number of benzene rings is 2. The summed E-state index contributed by atoms with van der Waals surface area (Å²) in [6.45, 7) is 3.36. The van der Waals surface area contributed by atoms with Crippen LogP contribution in [0.15, 0.2) is 63.9 Å². The van der Waals surface area contributed by atoms with E-state index in [4.69, 9.17) is 9.15 Å². The number of ketones is 1. The molecular weight excluding hydrogens is 346 g/mol. The molecule has 0 fully saturated rings. The van der Waals surface area contributed by atoms with Crippen molar-refractivity contribution in [2.75, 3.05) is 5.32 Å². The van der Waals surface area contributed by atoms with Gasteiger partial charge in [0.25, 0.3) is 0 Å². The maximum Gasteiger partial charge on any atom is 0.336 e. The van der Waals surface area contributed by atoms with E-state index in [-0.39, 0.29) is 17.1 Å². The fourth-order valence-electron chi connectivity index (χ4n) is 3.10. The number of hydrogen-bond donors (Lipinski definition) is 2. The number of carbonyl (C=O) groups excluding carboxylic acids is 1. The van der Waals surface area contributed by atoms with E-state index in [0.717, 1.165) is 0 Å². The summed E-state index contributed by atoms with van der Waals surface area (Å²) < 4.78 is 11.2. The summed E-state index contributed by atoms with van der Waals surface area (Å²) in [7, 11) is 0. The Morgan fingerprint density at radius 3 is 2.56 bits per heavy atom. The Morgan fingerprint density at radius 1 is 1.04 bits per heavy atom. The minimum Gasteiger partial charge on any atom is -0.506 e. The molecule has 0 amide bonds. The molecule has 0 radical (unpaired) electrons. The standard InChI is InChI=1S/C21H17NO5/c1-21(2)20(25)13(11-22-14-5-3-4-6-15(14)23)18-16(27-21)9-7-12-8-10-17(24)26-19(12)18/h3-11,22-23H,1-2H3/b13-11-. The van der Waals surface area contributed by atoms with E-state index in [1.54, 1.807) is 56.3 Å². The highest BCUT2D eigenvalue weighted by Gasteiger charge is 2.40. The normalized spacial score (nSPS) is 16.8. The first-order valence-electron chi connectivity index (χ1n) is 8.42. The van der Waals surface area contributed by atoms with Gasteiger partial charge < -0.3 is 19.6 Å². The molecule has 1 aliphatic rings. The maximum atomic E-state index is 13.0. The van der Waals surface area contributed by atoms with Crippen molar-refractivity contribution in [1.82, 2.24) is 0 Å². The van der Waals surface area contributed by atoms with Crippen LogP contribution in [0.25, 0.3) is 16.5 Å². The molecule has 0 saturated carbocycles. The molecule has 0 spiro atoms. The monoisotopic (exact) mass is 363 g/mol. The molecule has 2 N–H and O–H groups in total. The van der Waals surface area contributed by atoms with Crippen LogP contribution in [-0.4, -0.2) is 16.5 Å². The predicted molar refractivity (Wildman–Crippen MR) is 102 cm³/mol. The van der Waals surface area contributed by atoms with Crippen LogP contribution in [0.3, 0.4) is 0 Å². The molecule has 27 heavy (non-hydrogen) atoms. The first-order chi connectivity index (χ1) is 12.9. The molecule has 2 aromatic carbocycles. The van der Waals surface area contributed by atoms with E-state index in [0.29, 0.717) is 28.0 Å². The van der Waals surface area contributed by atoms with E-state index in [9.17, 15) is 14.7 Å². The SMILES string of the molecule is CC1(C)Oc2ccc3ccc(=O)oc3c2/C(=C/Nc2ccccc2O)C1=O. The van der Waals surface area contributed by atoms with Crippen LogP contribution in [0.4, 0.5) is 5.69 Å². The van der Waals surface area contributed by atoms with Crippen molar-refractivity contribution in [2.45, 2.75) is 19.4 Å². The molecule has 2 heterocycles. The number of hydrogen-bond acceptors (Lipinski definition) is 6. The highest BCUT2D eigenvalue weighted by atomic mass is 16.5. The Kier molecular flexibility index (Phi) is 3.77. The van der Waals surface area contributed by atoms with E-state index < -0.39 is 11.2 Å². The van der Waals surface area contributed by atoms with Gasteiger partial charge in [0.2, 0.25) is 5.78 Å². The number of fused-ring (bicyclic) bond motifs is 3. The van der Waals surface area contributed by atoms with Crippen LogP contribution in [0.5, 0.6) is 11.5 Å². The predicted octanol–water partition coefficient (Wildman–Crippen LogP) is 3.69. The fraction of sp³-hybridized carbons (Fsp3) is 0.143. The maximum absolute atomic E-state index is 13.0. The fourth-order valence-corrected chi connectivity index (χ4v) is 3.10. The zero-order valence-corrected chi connectivity index (χ0v) is 14.8. The summed E-state index contributed by atoms with van der Waals surface area (Å²) in [5.74, 6) is 0.238. The molecule has 4 rings (SSSR count). The molecule has 3 aromatic rings. The third-order valence-electron chi connectivity index (χ3n) is 4.45. The van der Waals surface area contributed by atoms with Gasteiger partial charge >= 0.3 is 5.63 Å². The van der Waals surface area contributed by atoms with E-state index >= 15 is 0 Å². The van der Waals surface area contributed by atoms with Crippen molar-refractivity contribution in [3.63, 3.8) is 0 Å². The van der Waals surface area contributed by atoms with E-state index in [1.807, 2.05) is 0 Å². The largest absolute Gasteiger partial charge is 0.506 e.